The van der Waals surface area contributed by atoms with Gasteiger partial charge in [-0.3, -0.25) is 0 Å². The Morgan fingerprint density at radius 3 is 2.86 bits per heavy atom. The smallest absolute Gasteiger partial charge is 0.0999 e. The Kier molecular flexibility index (Phi) is 3.67. The number of halogens is 1. The van der Waals surface area contributed by atoms with E-state index in [0.717, 1.165) is 6.42 Å². The molecule has 0 amide bonds. The zero-order valence-electron chi connectivity index (χ0n) is 7.97. The van der Waals surface area contributed by atoms with Crippen LogP contribution in [0.2, 0.25) is 5.02 Å². The summed E-state index contributed by atoms with van der Waals surface area (Å²) in [7, 11) is 0. The van der Waals surface area contributed by atoms with Crippen molar-refractivity contribution in [3.05, 3.63) is 34.3 Å². The van der Waals surface area contributed by atoms with Gasteiger partial charge < -0.3 is 5.41 Å². The summed E-state index contributed by atoms with van der Waals surface area (Å²) in [5.74, 6) is 0. The Balaban J connectivity index is 3.09. The van der Waals surface area contributed by atoms with E-state index < -0.39 is 0 Å². The summed E-state index contributed by atoms with van der Waals surface area (Å²) < 4.78 is 0. The summed E-state index contributed by atoms with van der Waals surface area (Å²) in [6.45, 7) is 2.01. The molecule has 14 heavy (non-hydrogen) atoms. The first-order valence-corrected chi connectivity index (χ1v) is 4.84. The van der Waals surface area contributed by atoms with Gasteiger partial charge in [0.25, 0.3) is 0 Å². The Hall–Kier alpha value is -1.33. The van der Waals surface area contributed by atoms with Crippen molar-refractivity contribution in [3.63, 3.8) is 0 Å². The second-order valence-corrected chi connectivity index (χ2v) is 3.47. The highest BCUT2D eigenvalue weighted by molar-refractivity contribution is 6.30. The number of hydrogen-bond acceptors (Lipinski definition) is 2. The Labute approximate surface area is 88.6 Å². The predicted molar refractivity (Wildman–Crippen MR) is 57.9 cm³/mol. The Morgan fingerprint density at radius 2 is 2.29 bits per heavy atom. The maximum Gasteiger partial charge on any atom is 0.0999 e. The summed E-state index contributed by atoms with van der Waals surface area (Å²) in [5.41, 5.74) is 1.68. The fraction of sp³-hybridized carbons (Fsp3) is 0.273. The van der Waals surface area contributed by atoms with Gasteiger partial charge in [-0.1, -0.05) is 31.0 Å². The van der Waals surface area contributed by atoms with Crippen LogP contribution in [-0.4, -0.2) is 5.71 Å². The third-order valence-electron chi connectivity index (χ3n) is 1.93. The first kappa shape index (κ1) is 10.7. The van der Waals surface area contributed by atoms with E-state index in [1.807, 2.05) is 6.92 Å². The van der Waals surface area contributed by atoms with E-state index in [0.29, 0.717) is 28.3 Å². The summed E-state index contributed by atoms with van der Waals surface area (Å²) in [6, 6.07) is 7.09. The molecule has 0 unspecified atom stereocenters. The molecule has 72 valence electrons. The summed E-state index contributed by atoms with van der Waals surface area (Å²) >= 11 is 5.76. The molecule has 0 fully saturated rings. The van der Waals surface area contributed by atoms with Crippen LogP contribution in [-0.2, 0) is 0 Å². The molecule has 0 aliphatic carbocycles. The van der Waals surface area contributed by atoms with E-state index in [2.05, 4.69) is 6.07 Å². The van der Waals surface area contributed by atoms with Crippen LogP contribution in [0.15, 0.2) is 18.2 Å². The minimum atomic E-state index is 0.482. The lowest BCUT2D eigenvalue weighted by atomic mass is 10.0. The first-order chi connectivity index (χ1) is 6.69. The van der Waals surface area contributed by atoms with E-state index in [-0.39, 0.29) is 0 Å². The Morgan fingerprint density at radius 1 is 1.57 bits per heavy atom. The van der Waals surface area contributed by atoms with Crippen LogP contribution in [0.25, 0.3) is 0 Å². The molecule has 1 aromatic carbocycles. The van der Waals surface area contributed by atoms with Gasteiger partial charge in [-0.15, -0.1) is 0 Å². The van der Waals surface area contributed by atoms with E-state index in [1.165, 1.54) is 0 Å². The largest absolute Gasteiger partial charge is 0.305 e. The van der Waals surface area contributed by atoms with Crippen LogP contribution in [0.4, 0.5) is 0 Å². The van der Waals surface area contributed by atoms with Crippen molar-refractivity contribution in [2.24, 2.45) is 0 Å². The lowest BCUT2D eigenvalue weighted by Gasteiger charge is -2.04. The molecule has 0 saturated heterocycles. The lowest BCUT2D eigenvalue weighted by Crippen LogP contribution is -2.01. The number of rotatable bonds is 3. The number of benzene rings is 1. The average Bonchev–Trinajstić information content (AvgIpc) is 2.17. The fourth-order valence-corrected chi connectivity index (χ4v) is 1.43. The van der Waals surface area contributed by atoms with Crippen LogP contribution in [0.3, 0.4) is 0 Å². The maximum absolute atomic E-state index is 8.85. The van der Waals surface area contributed by atoms with Gasteiger partial charge in [-0.05, 0) is 18.6 Å². The first-order valence-electron chi connectivity index (χ1n) is 4.46. The standard InChI is InChI=1S/C11H11ClN2/c1-2-3-11(14)10-5-4-9(12)6-8(10)7-13/h4-6,14H,2-3H2,1H3. The maximum atomic E-state index is 8.85. The van der Waals surface area contributed by atoms with Crippen molar-refractivity contribution >= 4 is 17.3 Å². The van der Waals surface area contributed by atoms with Crippen molar-refractivity contribution in [3.8, 4) is 6.07 Å². The molecule has 2 nitrogen and oxygen atoms in total. The van der Waals surface area contributed by atoms with Crippen molar-refractivity contribution < 1.29 is 0 Å². The van der Waals surface area contributed by atoms with E-state index in [1.54, 1.807) is 18.2 Å². The van der Waals surface area contributed by atoms with Gasteiger partial charge in [-0.2, -0.15) is 5.26 Å². The molecule has 1 rings (SSSR count). The molecule has 1 N–H and O–H groups in total. The monoisotopic (exact) mass is 206 g/mol. The summed E-state index contributed by atoms with van der Waals surface area (Å²) in [6.07, 6.45) is 1.60. The number of nitrogens with one attached hydrogen (secondary N) is 1. The average molecular weight is 207 g/mol. The molecule has 3 heteroatoms. The zero-order valence-corrected chi connectivity index (χ0v) is 8.73. The van der Waals surface area contributed by atoms with E-state index >= 15 is 0 Å². The van der Waals surface area contributed by atoms with Crippen molar-refractivity contribution in [2.45, 2.75) is 19.8 Å². The van der Waals surface area contributed by atoms with Gasteiger partial charge in [0.2, 0.25) is 0 Å². The molecule has 0 aromatic heterocycles. The summed E-state index contributed by atoms with van der Waals surface area (Å²) in [5, 5.41) is 17.1. The SMILES string of the molecule is CCCC(=N)c1ccc(Cl)cc1C#N. The summed E-state index contributed by atoms with van der Waals surface area (Å²) in [4.78, 5) is 0. The predicted octanol–water partition coefficient (Wildman–Crippen LogP) is 3.38. The quantitative estimate of drug-likeness (QED) is 0.758. The van der Waals surface area contributed by atoms with Crippen LogP contribution in [0.1, 0.15) is 30.9 Å². The number of hydrogen-bond donors (Lipinski definition) is 1. The number of nitriles is 1. The van der Waals surface area contributed by atoms with Crippen LogP contribution < -0.4 is 0 Å². The van der Waals surface area contributed by atoms with Gasteiger partial charge in [0, 0.05) is 16.3 Å². The Bertz CT molecular complexity index is 391. The lowest BCUT2D eigenvalue weighted by molar-refractivity contribution is 0.986. The van der Waals surface area contributed by atoms with Crippen LogP contribution in [0, 0.1) is 16.7 Å². The molecule has 0 aliphatic rings. The highest BCUT2D eigenvalue weighted by atomic mass is 35.5. The second-order valence-electron chi connectivity index (χ2n) is 3.03. The van der Waals surface area contributed by atoms with E-state index in [4.69, 9.17) is 22.3 Å². The molecule has 0 radical (unpaired) electrons. The van der Waals surface area contributed by atoms with E-state index in [9.17, 15) is 0 Å². The third-order valence-corrected chi connectivity index (χ3v) is 2.16. The normalized spacial score (nSPS) is 9.50. The van der Waals surface area contributed by atoms with Gasteiger partial charge in [0.1, 0.15) is 0 Å². The topological polar surface area (TPSA) is 47.6 Å². The highest BCUT2D eigenvalue weighted by Gasteiger charge is 2.07. The van der Waals surface area contributed by atoms with Gasteiger partial charge in [0.05, 0.1) is 11.6 Å². The van der Waals surface area contributed by atoms with Crippen LogP contribution >= 0.6 is 11.6 Å². The zero-order chi connectivity index (χ0) is 10.6. The molecule has 0 aliphatic heterocycles. The fourth-order valence-electron chi connectivity index (χ4n) is 1.26. The third kappa shape index (κ3) is 2.34. The van der Waals surface area contributed by atoms with Crippen molar-refractivity contribution in [2.75, 3.05) is 0 Å². The number of nitrogens with zero attached hydrogens (tertiary/aromatic N) is 1. The molecule has 1 aromatic rings. The molecule has 0 heterocycles. The molecule has 0 saturated carbocycles. The van der Waals surface area contributed by atoms with Gasteiger partial charge in [0.15, 0.2) is 0 Å². The second kappa shape index (κ2) is 4.78. The van der Waals surface area contributed by atoms with Crippen LogP contribution in [0.5, 0.6) is 0 Å². The van der Waals surface area contributed by atoms with Crippen molar-refractivity contribution in [1.82, 2.24) is 0 Å². The molecule has 0 bridgehead atoms. The highest BCUT2D eigenvalue weighted by Crippen LogP contribution is 2.17. The minimum absolute atomic E-state index is 0.482. The molecular formula is C11H11ClN2. The molecule has 0 spiro atoms. The van der Waals surface area contributed by atoms with Gasteiger partial charge in [-0.25, -0.2) is 0 Å². The van der Waals surface area contributed by atoms with Crippen molar-refractivity contribution in [1.29, 1.82) is 10.7 Å². The molecular weight excluding hydrogens is 196 g/mol. The van der Waals surface area contributed by atoms with Gasteiger partial charge >= 0.3 is 0 Å². The minimum Gasteiger partial charge on any atom is -0.305 e. The molecule has 0 atom stereocenters.